The number of nitrogens with one attached hydrogen (secondary N) is 4. The third-order valence-corrected chi connectivity index (χ3v) is 4.86. The van der Waals surface area contributed by atoms with E-state index in [2.05, 4.69) is 21.3 Å². The van der Waals surface area contributed by atoms with E-state index < -0.39 is 47.8 Å². The number of urea groups is 2. The first-order valence-electron chi connectivity index (χ1n) is 10.7. The fourth-order valence-electron chi connectivity index (χ4n) is 3.09. The van der Waals surface area contributed by atoms with Gasteiger partial charge >= 0.3 is 12.1 Å². The number of hydrogen-bond donors (Lipinski definition) is 6. The molecule has 0 fully saturated rings. The fourth-order valence-corrected chi connectivity index (χ4v) is 3.09. The Labute approximate surface area is 196 Å². The molecule has 0 spiro atoms. The van der Waals surface area contributed by atoms with E-state index in [1.54, 1.807) is 0 Å². The lowest BCUT2D eigenvalue weighted by molar-refractivity contribution is -0.137. The first kappa shape index (κ1) is 28.1. The number of Topliss-reactive ketones (excluding diaryl/α,β-unsaturated/α-hetero) is 1. The van der Waals surface area contributed by atoms with Gasteiger partial charge in [-0.1, -0.05) is 0 Å². The Morgan fingerprint density at radius 2 is 1.35 bits per heavy atom. The van der Waals surface area contributed by atoms with E-state index >= 15 is 0 Å². The van der Waals surface area contributed by atoms with Gasteiger partial charge in [-0.2, -0.15) is 0 Å². The number of amides is 8. The molecule has 1 aliphatic heterocycles. The first-order valence-corrected chi connectivity index (χ1v) is 10.7. The van der Waals surface area contributed by atoms with Crippen molar-refractivity contribution in [1.82, 2.24) is 26.2 Å². The molecule has 0 aromatic carbocycles. The number of nitrogens with two attached hydrogens (primary N) is 2. The van der Waals surface area contributed by atoms with Gasteiger partial charge in [0.15, 0.2) is 5.78 Å². The van der Waals surface area contributed by atoms with Crippen LogP contribution in [-0.4, -0.2) is 78.1 Å². The molecule has 0 bridgehead atoms. The molecule has 8 amide bonds. The predicted octanol–water partition coefficient (Wildman–Crippen LogP) is -2.24. The summed E-state index contributed by atoms with van der Waals surface area (Å²) in [7, 11) is 0. The van der Waals surface area contributed by atoms with Gasteiger partial charge in [-0.3, -0.25) is 28.9 Å². The van der Waals surface area contributed by atoms with Crippen LogP contribution in [0.5, 0.6) is 0 Å². The summed E-state index contributed by atoms with van der Waals surface area (Å²) >= 11 is 0. The van der Waals surface area contributed by atoms with Gasteiger partial charge in [-0.05, 0) is 32.6 Å². The summed E-state index contributed by atoms with van der Waals surface area (Å²) in [5.74, 6) is -2.57. The van der Waals surface area contributed by atoms with Gasteiger partial charge in [-0.25, -0.2) is 9.59 Å². The zero-order valence-electron chi connectivity index (χ0n) is 18.9. The molecule has 2 atom stereocenters. The van der Waals surface area contributed by atoms with Gasteiger partial charge in [0, 0.05) is 38.2 Å². The first-order chi connectivity index (χ1) is 16.0. The number of carbonyl (C=O) groups excluding carboxylic acids is 7. The van der Waals surface area contributed by atoms with Gasteiger partial charge < -0.3 is 32.7 Å². The van der Waals surface area contributed by atoms with Crippen LogP contribution >= 0.6 is 0 Å². The Morgan fingerprint density at radius 3 is 1.82 bits per heavy atom. The second kappa shape index (κ2) is 14.2. The van der Waals surface area contributed by atoms with Crippen LogP contribution in [0.1, 0.15) is 39.0 Å². The van der Waals surface area contributed by atoms with Crippen LogP contribution < -0.4 is 32.7 Å². The zero-order valence-corrected chi connectivity index (χ0v) is 18.9. The molecule has 0 aromatic heterocycles. The smallest absolute Gasteiger partial charge is 0.312 e. The van der Waals surface area contributed by atoms with Crippen LogP contribution in [0.4, 0.5) is 9.59 Å². The van der Waals surface area contributed by atoms with Crippen LogP contribution in [0.2, 0.25) is 0 Å². The van der Waals surface area contributed by atoms with Crippen molar-refractivity contribution in [2.75, 3.05) is 19.6 Å². The molecule has 1 heterocycles. The van der Waals surface area contributed by atoms with Crippen LogP contribution in [0.3, 0.4) is 0 Å². The third-order valence-electron chi connectivity index (χ3n) is 4.86. The van der Waals surface area contributed by atoms with E-state index in [-0.39, 0.29) is 44.7 Å². The molecule has 1 rings (SSSR count). The minimum Gasteiger partial charge on any atom is -0.352 e. The van der Waals surface area contributed by atoms with Crippen molar-refractivity contribution in [2.24, 2.45) is 11.5 Å². The minimum absolute atomic E-state index is 0.120. The van der Waals surface area contributed by atoms with Gasteiger partial charge in [0.2, 0.25) is 11.8 Å². The Kier molecular flexibility index (Phi) is 11.7. The van der Waals surface area contributed by atoms with Gasteiger partial charge in [-0.15, -0.1) is 0 Å². The number of imide groups is 1. The maximum Gasteiger partial charge on any atom is 0.312 e. The predicted molar refractivity (Wildman–Crippen MR) is 119 cm³/mol. The fraction of sp³-hybridized carbons (Fsp3) is 0.550. The van der Waals surface area contributed by atoms with Crippen molar-refractivity contribution in [3.8, 4) is 0 Å². The molecule has 34 heavy (non-hydrogen) atoms. The van der Waals surface area contributed by atoms with Crippen LogP contribution in [0.25, 0.3) is 0 Å². The average Bonchev–Trinajstić information content (AvgIpc) is 3.07. The molecule has 14 nitrogen and oxygen atoms in total. The normalized spacial score (nSPS) is 14.3. The number of carbonyl (C=O) groups is 7. The molecule has 0 radical (unpaired) electrons. The number of ketones is 1. The number of hydrogen-bond acceptors (Lipinski definition) is 7. The topological polar surface area (TPSA) is 223 Å². The van der Waals surface area contributed by atoms with Crippen molar-refractivity contribution >= 4 is 41.5 Å². The summed E-state index contributed by atoms with van der Waals surface area (Å²) in [4.78, 5) is 82.8. The van der Waals surface area contributed by atoms with Gasteiger partial charge in [0.05, 0.1) is 6.04 Å². The summed E-state index contributed by atoms with van der Waals surface area (Å²) in [5.41, 5.74) is 10.00. The maximum atomic E-state index is 12.8. The SMILES string of the molecule is CC(=O)[C@H](CCCNC(N)=O)NC(=O)[C@H](CCCNC(N)=O)NC(=O)CCN1C(=O)C=CC1=O. The summed E-state index contributed by atoms with van der Waals surface area (Å²) < 4.78 is 0. The average molecular weight is 482 g/mol. The lowest BCUT2D eigenvalue weighted by Crippen LogP contribution is -2.52. The number of rotatable bonds is 15. The standard InChI is InChI=1S/C20H31N7O7/c1-12(28)13(4-2-9-23-19(21)33)26-18(32)14(5-3-10-24-20(22)34)25-15(29)8-11-27-16(30)6-7-17(27)31/h6-7,13-14H,2-5,8-11H2,1H3,(H,25,29)(H,26,32)(H3,21,23,33)(H3,22,24,34)/t13-,14-/m0/s1. The van der Waals surface area contributed by atoms with Crippen molar-refractivity contribution in [1.29, 1.82) is 0 Å². The second-order valence-electron chi connectivity index (χ2n) is 7.57. The van der Waals surface area contributed by atoms with Gasteiger partial charge in [0.25, 0.3) is 11.8 Å². The quantitative estimate of drug-likeness (QED) is 0.111. The molecule has 0 unspecified atom stereocenters. The third kappa shape index (κ3) is 10.6. The molecule has 0 aromatic rings. The van der Waals surface area contributed by atoms with Crippen molar-refractivity contribution in [2.45, 2.75) is 51.1 Å². The van der Waals surface area contributed by atoms with E-state index in [0.717, 1.165) is 17.1 Å². The maximum absolute atomic E-state index is 12.8. The van der Waals surface area contributed by atoms with Crippen molar-refractivity contribution in [3.05, 3.63) is 12.2 Å². The van der Waals surface area contributed by atoms with Crippen LogP contribution in [0, 0.1) is 0 Å². The van der Waals surface area contributed by atoms with Crippen molar-refractivity contribution in [3.63, 3.8) is 0 Å². The van der Waals surface area contributed by atoms with E-state index in [4.69, 9.17) is 11.5 Å². The van der Waals surface area contributed by atoms with E-state index in [0.29, 0.717) is 12.8 Å². The van der Waals surface area contributed by atoms with E-state index in [1.807, 2.05) is 0 Å². The Morgan fingerprint density at radius 1 is 0.853 bits per heavy atom. The lowest BCUT2D eigenvalue weighted by Gasteiger charge is -2.23. The minimum atomic E-state index is -1.05. The molecule has 14 heteroatoms. The van der Waals surface area contributed by atoms with Crippen LogP contribution in [-0.2, 0) is 24.0 Å². The summed E-state index contributed by atoms with van der Waals surface area (Å²) in [6.07, 6.45) is 3.00. The molecule has 8 N–H and O–H groups in total. The summed E-state index contributed by atoms with van der Waals surface area (Å²) in [5, 5.41) is 9.88. The highest BCUT2D eigenvalue weighted by atomic mass is 16.2. The van der Waals surface area contributed by atoms with Crippen LogP contribution in [0.15, 0.2) is 12.2 Å². The molecule has 1 aliphatic rings. The summed E-state index contributed by atoms with van der Waals surface area (Å²) in [6.45, 7) is 1.52. The number of primary amides is 2. The molecular weight excluding hydrogens is 450 g/mol. The molecular formula is C20H31N7O7. The molecule has 0 aliphatic carbocycles. The highest BCUT2D eigenvalue weighted by Crippen LogP contribution is 2.06. The largest absolute Gasteiger partial charge is 0.352 e. The summed E-state index contributed by atoms with van der Waals surface area (Å²) in [6, 6.07) is -3.34. The van der Waals surface area contributed by atoms with E-state index in [9.17, 15) is 33.6 Å². The van der Waals surface area contributed by atoms with Gasteiger partial charge in [0.1, 0.15) is 6.04 Å². The monoisotopic (exact) mass is 481 g/mol. The highest BCUT2D eigenvalue weighted by molar-refractivity contribution is 6.13. The van der Waals surface area contributed by atoms with E-state index in [1.165, 1.54) is 6.92 Å². The zero-order chi connectivity index (χ0) is 25.7. The van der Waals surface area contributed by atoms with Crippen molar-refractivity contribution < 1.29 is 33.6 Å². The molecule has 0 saturated heterocycles. The highest BCUT2D eigenvalue weighted by Gasteiger charge is 2.27. The molecule has 188 valence electrons. The Balaban J connectivity index is 2.70. The lowest BCUT2D eigenvalue weighted by atomic mass is 10.1. The molecule has 0 saturated carbocycles. The Bertz CT molecular complexity index is 825. The second-order valence-corrected chi connectivity index (χ2v) is 7.57. The number of nitrogens with zero attached hydrogens (tertiary/aromatic N) is 1. The Hall–Kier alpha value is -3.97.